The number of aryl methyl sites for hydroxylation is 2. The largest absolute Gasteiger partial charge is 0.436 e. The van der Waals surface area contributed by atoms with Gasteiger partial charge in [0.1, 0.15) is 11.6 Å². The predicted molar refractivity (Wildman–Crippen MR) is 78.6 cm³/mol. The Labute approximate surface area is 123 Å². The topological polar surface area (TPSA) is 38.1 Å². The lowest BCUT2D eigenvalue weighted by atomic mass is 10.1. The summed E-state index contributed by atoms with van der Waals surface area (Å²) in [6.45, 7) is 8.69. The summed E-state index contributed by atoms with van der Waals surface area (Å²) in [5, 5.41) is 3.89. The molecule has 20 heavy (non-hydrogen) atoms. The zero-order valence-electron chi connectivity index (χ0n) is 12.2. The van der Waals surface area contributed by atoms with Crippen molar-refractivity contribution in [2.75, 3.05) is 6.54 Å². The van der Waals surface area contributed by atoms with Crippen molar-refractivity contribution in [2.24, 2.45) is 0 Å². The minimum absolute atomic E-state index is 0.0790. The average molecular weight is 294 g/mol. The molecule has 0 amide bonds. The molecule has 3 nitrogen and oxygen atoms in total. The minimum atomic E-state index is -0.228. The minimum Gasteiger partial charge on any atom is -0.436 e. The monoisotopic (exact) mass is 294 g/mol. The van der Waals surface area contributed by atoms with Crippen LogP contribution in [0.1, 0.15) is 36.9 Å². The van der Waals surface area contributed by atoms with Gasteiger partial charge in [-0.2, -0.15) is 0 Å². The molecule has 1 aromatic carbocycles. The van der Waals surface area contributed by atoms with Crippen LogP contribution < -0.4 is 5.32 Å². The van der Waals surface area contributed by atoms with Crippen LogP contribution in [0.3, 0.4) is 0 Å². The van der Waals surface area contributed by atoms with Crippen LogP contribution in [0.25, 0.3) is 0 Å². The van der Waals surface area contributed by atoms with Crippen molar-refractivity contribution >= 4 is 11.8 Å². The van der Waals surface area contributed by atoms with Crippen LogP contribution in [0, 0.1) is 19.7 Å². The lowest BCUT2D eigenvalue weighted by Crippen LogP contribution is -2.18. The molecule has 5 heteroatoms. The molecular weight excluding hydrogens is 275 g/mol. The van der Waals surface area contributed by atoms with E-state index in [0.717, 1.165) is 28.5 Å². The van der Waals surface area contributed by atoms with Gasteiger partial charge in [-0.15, -0.1) is 0 Å². The molecule has 0 saturated heterocycles. The highest BCUT2D eigenvalue weighted by Crippen LogP contribution is 2.34. The van der Waals surface area contributed by atoms with Gasteiger partial charge in [-0.05, 0) is 62.8 Å². The summed E-state index contributed by atoms with van der Waals surface area (Å²) in [6, 6.07) is 4.89. The van der Waals surface area contributed by atoms with Crippen molar-refractivity contribution in [1.29, 1.82) is 0 Å². The van der Waals surface area contributed by atoms with Gasteiger partial charge in [0.2, 0.25) is 0 Å². The molecule has 1 atom stereocenters. The highest BCUT2D eigenvalue weighted by molar-refractivity contribution is 7.99. The first-order valence-electron chi connectivity index (χ1n) is 6.66. The van der Waals surface area contributed by atoms with E-state index in [4.69, 9.17) is 4.42 Å². The molecule has 0 aliphatic heterocycles. The third-order valence-electron chi connectivity index (χ3n) is 3.15. The van der Waals surface area contributed by atoms with E-state index in [0.29, 0.717) is 5.22 Å². The van der Waals surface area contributed by atoms with Gasteiger partial charge < -0.3 is 9.73 Å². The zero-order chi connectivity index (χ0) is 14.7. The number of nitrogens with one attached hydrogen (secondary N) is 1. The lowest BCUT2D eigenvalue weighted by Gasteiger charge is -2.16. The first-order valence-corrected chi connectivity index (χ1v) is 7.47. The molecule has 0 saturated carbocycles. The lowest BCUT2D eigenvalue weighted by molar-refractivity contribution is 0.431. The first-order chi connectivity index (χ1) is 9.51. The Kier molecular flexibility index (Phi) is 4.83. The Hall–Kier alpha value is -1.33. The summed E-state index contributed by atoms with van der Waals surface area (Å²) in [4.78, 5) is 5.32. The molecule has 0 bridgehead atoms. The maximum Gasteiger partial charge on any atom is 0.261 e. The summed E-state index contributed by atoms with van der Waals surface area (Å²) in [5.74, 6) is 0.588. The molecule has 0 aliphatic rings. The Morgan fingerprint density at radius 1 is 1.40 bits per heavy atom. The van der Waals surface area contributed by atoms with E-state index >= 15 is 0 Å². The van der Waals surface area contributed by atoms with Crippen molar-refractivity contribution in [3.8, 4) is 0 Å². The molecule has 0 spiro atoms. The Morgan fingerprint density at radius 3 is 2.75 bits per heavy atom. The van der Waals surface area contributed by atoms with Gasteiger partial charge in [0.15, 0.2) is 0 Å². The number of nitrogens with zero attached hydrogens (tertiary/aromatic N) is 1. The van der Waals surface area contributed by atoms with Gasteiger partial charge in [0.05, 0.1) is 5.69 Å². The predicted octanol–water partition coefficient (Wildman–Crippen LogP) is 4.25. The fraction of sp³-hybridized carbons (Fsp3) is 0.400. The van der Waals surface area contributed by atoms with E-state index in [1.807, 2.05) is 27.7 Å². The molecule has 2 aromatic rings. The molecule has 0 aliphatic carbocycles. The van der Waals surface area contributed by atoms with Gasteiger partial charge in [-0.3, -0.25) is 0 Å². The fourth-order valence-electron chi connectivity index (χ4n) is 1.95. The Morgan fingerprint density at radius 2 is 2.15 bits per heavy atom. The van der Waals surface area contributed by atoms with E-state index in [-0.39, 0.29) is 11.9 Å². The summed E-state index contributed by atoms with van der Waals surface area (Å²) in [5.41, 5.74) is 1.81. The molecule has 1 unspecified atom stereocenters. The molecule has 1 N–H and O–H groups in total. The van der Waals surface area contributed by atoms with Gasteiger partial charge in [-0.1, -0.05) is 6.92 Å². The van der Waals surface area contributed by atoms with Crippen molar-refractivity contribution in [3.63, 3.8) is 0 Å². The van der Waals surface area contributed by atoms with Crippen LogP contribution >= 0.6 is 11.8 Å². The normalized spacial score (nSPS) is 12.7. The number of oxazole rings is 1. The average Bonchev–Trinajstić information content (AvgIpc) is 2.71. The highest BCUT2D eigenvalue weighted by atomic mass is 32.2. The van der Waals surface area contributed by atoms with Crippen molar-refractivity contribution in [2.45, 2.75) is 43.9 Å². The number of hydrogen-bond donors (Lipinski definition) is 1. The summed E-state index contributed by atoms with van der Waals surface area (Å²) >= 11 is 1.43. The van der Waals surface area contributed by atoms with Crippen molar-refractivity contribution < 1.29 is 8.81 Å². The summed E-state index contributed by atoms with van der Waals surface area (Å²) in [7, 11) is 0. The third kappa shape index (κ3) is 3.41. The Balaban J connectivity index is 2.30. The Bertz CT molecular complexity index is 578. The maximum absolute atomic E-state index is 13.5. The summed E-state index contributed by atoms with van der Waals surface area (Å²) < 4.78 is 19.1. The second kappa shape index (κ2) is 6.41. The smallest absolute Gasteiger partial charge is 0.261 e. The number of rotatable bonds is 5. The fourth-order valence-corrected chi connectivity index (χ4v) is 2.97. The van der Waals surface area contributed by atoms with Gasteiger partial charge >= 0.3 is 0 Å². The molecular formula is C15H19FN2OS. The van der Waals surface area contributed by atoms with Crippen LogP contribution in [-0.2, 0) is 0 Å². The van der Waals surface area contributed by atoms with E-state index in [1.54, 1.807) is 12.1 Å². The van der Waals surface area contributed by atoms with Crippen LogP contribution in [0.5, 0.6) is 0 Å². The molecule has 1 heterocycles. The second-order valence-corrected chi connectivity index (χ2v) is 5.68. The molecule has 108 valence electrons. The van der Waals surface area contributed by atoms with Crippen LogP contribution in [0.2, 0.25) is 0 Å². The number of hydrogen-bond acceptors (Lipinski definition) is 4. The zero-order valence-corrected chi connectivity index (χ0v) is 13.0. The summed E-state index contributed by atoms with van der Waals surface area (Å²) in [6.07, 6.45) is 0. The second-order valence-electron chi connectivity index (χ2n) is 4.68. The van der Waals surface area contributed by atoms with E-state index in [9.17, 15) is 4.39 Å². The van der Waals surface area contributed by atoms with Crippen LogP contribution in [0.4, 0.5) is 4.39 Å². The van der Waals surface area contributed by atoms with E-state index in [1.165, 1.54) is 17.8 Å². The third-order valence-corrected chi connectivity index (χ3v) is 4.10. The van der Waals surface area contributed by atoms with Crippen molar-refractivity contribution in [1.82, 2.24) is 10.3 Å². The maximum atomic E-state index is 13.5. The van der Waals surface area contributed by atoms with Crippen LogP contribution in [-0.4, -0.2) is 11.5 Å². The van der Waals surface area contributed by atoms with E-state index in [2.05, 4.69) is 10.3 Å². The molecule has 0 fully saturated rings. The first kappa shape index (κ1) is 15.1. The van der Waals surface area contributed by atoms with Crippen molar-refractivity contribution in [3.05, 3.63) is 41.0 Å². The number of aromatic nitrogens is 1. The van der Waals surface area contributed by atoms with Gasteiger partial charge in [0, 0.05) is 10.9 Å². The SMILES string of the molecule is CCNC(C)c1cc(F)ccc1Sc1nc(C)c(C)o1. The standard InChI is InChI=1S/C15H19FN2OS/c1-5-17-10(3)13-8-12(16)6-7-14(13)20-15-18-9(2)11(4)19-15/h6-8,10,17H,5H2,1-4H3. The van der Waals surface area contributed by atoms with Crippen LogP contribution in [0.15, 0.2) is 32.7 Å². The molecule has 1 aromatic heterocycles. The molecule has 0 radical (unpaired) electrons. The van der Waals surface area contributed by atoms with Gasteiger partial charge in [0.25, 0.3) is 5.22 Å². The van der Waals surface area contributed by atoms with E-state index < -0.39 is 0 Å². The van der Waals surface area contributed by atoms with Gasteiger partial charge in [-0.25, -0.2) is 9.37 Å². The number of benzene rings is 1. The highest BCUT2D eigenvalue weighted by Gasteiger charge is 2.15. The molecule has 2 rings (SSSR count). The quantitative estimate of drug-likeness (QED) is 0.894. The number of halogens is 1.